The lowest BCUT2D eigenvalue weighted by atomic mass is 9.88. The van der Waals surface area contributed by atoms with Crippen LogP contribution in [-0.4, -0.2) is 39.3 Å². The minimum absolute atomic E-state index is 0.0444. The SMILES string of the molecule is CCCCC[C@@H](O)/C=C/[C@H]1[C@H](O)CC(=O)[C@H]1CCCCC(=O)O. The van der Waals surface area contributed by atoms with Gasteiger partial charge in [0.1, 0.15) is 5.78 Å². The van der Waals surface area contributed by atoms with Crippen molar-refractivity contribution in [1.82, 2.24) is 0 Å². The predicted octanol–water partition coefficient (Wildman–Crippen LogP) is 2.69. The first-order chi connectivity index (χ1) is 11.0. The maximum Gasteiger partial charge on any atom is 0.303 e. The van der Waals surface area contributed by atoms with Crippen LogP contribution in [0.3, 0.4) is 0 Å². The fourth-order valence-electron chi connectivity index (χ4n) is 3.19. The van der Waals surface area contributed by atoms with E-state index in [1.54, 1.807) is 12.2 Å². The third-order valence-corrected chi connectivity index (χ3v) is 4.55. The smallest absolute Gasteiger partial charge is 0.303 e. The average Bonchev–Trinajstić information content (AvgIpc) is 2.75. The van der Waals surface area contributed by atoms with Crippen LogP contribution in [0.25, 0.3) is 0 Å². The maximum absolute atomic E-state index is 12.0. The Balaban J connectivity index is 2.48. The van der Waals surface area contributed by atoms with Crippen LogP contribution in [-0.2, 0) is 9.59 Å². The zero-order chi connectivity index (χ0) is 17.2. The number of Topliss-reactive ketones (excluding diaryl/α,β-unsaturated/α-hetero) is 1. The number of carbonyl (C=O) groups excluding carboxylic acids is 1. The molecular formula is C18H30O5. The molecule has 4 atom stereocenters. The number of carbonyl (C=O) groups is 2. The molecule has 0 aromatic carbocycles. The number of aliphatic hydroxyl groups excluding tert-OH is 2. The lowest BCUT2D eigenvalue weighted by Crippen LogP contribution is -2.19. The van der Waals surface area contributed by atoms with E-state index in [0.29, 0.717) is 25.7 Å². The van der Waals surface area contributed by atoms with Crippen molar-refractivity contribution in [2.75, 3.05) is 0 Å². The van der Waals surface area contributed by atoms with Crippen LogP contribution in [0.1, 0.15) is 64.7 Å². The van der Waals surface area contributed by atoms with Crippen LogP contribution in [0.2, 0.25) is 0 Å². The van der Waals surface area contributed by atoms with E-state index in [1.165, 1.54) is 0 Å². The molecule has 1 aliphatic rings. The van der Waals surface area contributed by atoms with Crippen LogP contribution < -0.4 is 0 Å². The number of aliphatic carboxylic acids is 1. The Hall–Kier alpha value is -1.20. The normalized spacial score (nSPS) is 26.0. The summed E-state index contributed by atoms with van der Waals surface area (Å²) in [5.41, 5.74) is 0. The van der Waals surface area contributed by atoms with E-state index >= 15 is 0 Å². The molecule has 0 unspecified atom stereocenters. The second kappa shape index (κ2) is 10.6. The fraction of sp³-hybridized carbons (Fsp3) is 0.778. The number of hydrogen-bond donors (Lipinski definition) is 3. The van der Waals surface area contributed by atoms with Crippen LogP contribution in [0, 0.1) is 11.8 Å². The predicted molar refractivity (Wildman–Crippen MR) is 88.0 cm³/mol. The summed E-state index contributed by atoms with van der Waals surface area (Å²) in [6.45, 7) is 2.11. The number of carboxylic acid groups (broad SMARTS) is 1. The number of carboxylic acids is 1. The lowest BCUT2D eigenvalue weighted by molar-refractivity contribution is -0.137. The summed E-state index contributed by atoms with van der Waals surface area (Å²) in [5.74, 6) is -1.29. The van der Waals surface area contributed by atoms with Crippen molar-refractivity contribution in [3.8, 4) is 0 Å². The van der Waals surface area contributed by atoms with Gasteiger partial charge in [0, 0.05) is 24.7 Å². The summed E-state index contributed by atoms with van der Waals surface area (Å²) in [6.07, 6.45) is 8.20. The molecule has 23 heavy (non-hydrogen) atoms. The number of unbranched alkanes of at least 4 members (excludes halogenated alkanes) is 3. The monoisotopic (exact) mass is 326 g/mol. The number of aliphatic hydroxyl groups is 2. The molecule has 0 aromatic rings. The molecule has 0 amide bonds. The van der Waals surface area contributed by atoms with Gasteiger partial charge in [-0.25, -0.2) is 0 Å². The minimum Gasteiger partial charge on any atom is -0.481 e. The van der Waals surface area contributed by atoms with Gasteiger partial charge in [-0.15, -0.1) is 0 Å². The molecule has 1 saturated carbocycles. The van der Waals surface area contributed by atoms with E-state index in [-0.39, 0.29) is 30.5 Å². The lowest BCUT2D eigenvalue weighted by Gasteiger charge is -2.18. The highest BCUT2D eigenvalue weighted by molar-refractivity contribution is 5.84. The largest absolute Gasteiger partial charge is 0.481 e. The minimum atomic E-state index is -0.825. The standard InChI is InChI=1S/C18H30O5/c1-2-3-4-7-13(19)10-11-15-14(16(20)12-17(15)21)8-5-6-9-18(22)23/h10-11,13-15,17,19,21H,2-9,12H2,1H3,(H,22,23)/b11-10+/t13-,14+,15-,17-/m1/s1. The highest BCUT2D eigenvalue weighted by Crippen LogP contribution is 2.34. The van der Waals surface area contributed by atoms with E-state index in [1.807, 2.05) is 0 Å². The van der Waals surface area contributed by atoms with Crippen LogP contribution in [0.4, 0.5) is 0 Å². The molecule has 0 aromatic heterocycles. The summed E-state index contributed by atoms with van der Waals surface area (Å²) in [4.78, 5) is 22.5. The summed E-state index contributed by atoms with van der Waals surface area (Å²) in [6, 6.07) is 0. The van der Waals surface area contributed by atoms with Crippen molar-refractivity contribution in [3.63, 3.8) is 0 Å². The van der Waals surface area contributed by atoms with E-state index < -0.39 is 18.2 Å². The van der Waals surface area contributed by atoms with Gasteiger partial charge in [-0.1, -0.05) is 44.8 Å². The first kappa shape index (κ1) is 19.8. The zero-order valence-corrected chi connectivity index (χ0v) is 14.0. The van der Waals surface area contributed by atoms with Crippen molar-refractivity contribution in [1.29, 1.82) is 0 Å². The van der Waals surface area contributed by atoms with Gasteiger partial charge >= 0.3 is 5.97 Å². The van der Waals surface area contributed by atoms with E-state index in [9.17, 15) is 19.8 Å². The molecule has 0 radical (unpaired) electrons. The van der Waals surface area contributed by atoms with Crippen molar-refractivity contribution in [2.45, 2.75) is 76.9 Å². The molecule has 5 nitrogen and oxygen atoms in total. The van der Waals surface area contributed by atoms with E-state index in [2.05, 4.69) is 6.92 Å². The van der Waals surface area contributed by atoms with Gasteiger partial charge in [0.2, 0.25) is 0 Å². The quantitative estimate of drug-likeness (QED) is 0.401. The van der Waals surface area contributed by atoms with Crippen LogP contribution in [0.15, 0.2) is 12.2 Å². The first-order valence-corrected chi connectivity index (χ1v) is 8.74. The molecular weight excluding hydrogens is 296 g/mol. The van der Waals surface area contributed by atoms with Crippen molar-refractivity contribution < 1.29 is 24.9 Å². The van der Waals surface area contributed by atoms with Crippen molar-refractivity contribution in [3.05, 3.63) is 12.2 Å². The summed E-state index contributed by atoms with van der Waals surface area (Å²) >= 11 is 0. The molecule has 0 bridgehead atoms. The summed E-state index contributed by atoms with van der Waals surface area (Å²) in [5, 5.41) is 28.6. The number of rotatable bonds is 11. The zero-order valence-electron chi connectivity index (χ0n) is 14.0. The Morgan fingerprint density at radius 3 is 2.70 bits per heavy atom. The Morgan fingerprint density at radius 2 is 2.04 bits per heavy atom. The second-order valence-corrected chi connectivity index (χ2v) is 6.51. The summed E-state index contributed by atoms with van der Waals surface area (Å²) in [7, 11) is 0. The molecule has 0 aliphatic heterocycles. The Kier molecular flexibility index (Phi) is 9.10. The molecule has 0 spiro atoms. The van der Waals surface area contributed by atoms with Gasteiger partial charge in [-0.05, 0) is 19.3 Å². The number of hydrogen-bond acceptors (Lipinski definition) is 4. The molecule has 0 saturated heterocycles. The van der Waals surface area contributed by atoms with E-state index in [4.69, 9.17) is 5.11 Å². The van der Waals surface area contributed by atoms with Gasteiger partial charge in [-0.2, -0.15) is 0 Å². The molecule has 1 aliphatic carbocycles. The fourth-order valence-corrected chi connectivity index (χ4v) is 3.19. The van der Waals surface area contributed by atoms with Gasteiger partial charge in [0.25, 0.3) is 0 Å². The first-order valence-electron chi connectivity index (χ1n) is 8.74. The van der Waals surface area contributed by atoms with E-state index in [0.717, 1.165) is 19.3 Å². The maximum atomic E-state index is 12.0. The van der Waals surface area contributed by atoms with Gasteiger partial charge in [0.05, 0.1) is 12.2 Å². The third kappa shape index (κ3) is 7.27. The molecule has 5 heteroatoms. The molecule has 1 fully saturated rings. The molecule has 1 rings (SSSR count). The van der Waals surface area contributed by atoms with Crippen LogP contribution in [0.5, 0.6) is 0 Å². The summed E-state index contributed by atoms with van der Waals surface area (Å²) < 4.78 is 0. The third-order valence-electron chi connectivity index (χ3n) is 4.55. The molecule has 0 heterocycles. The molecule has 3 N–H and O–H groups in total. The van der Waals surface area contributed by atoms with Crippen LogP contribution >= 0.6 is 0 Å². The Labute approximate surface area is 138 Å². The van der Waals surface area contributed by atoms with Crippen molar-refractivity contribution in [2.24, 2.45) is 11.8 Å². The Morgan fingerprint density at radius 1 is 1.30 bits per heavy atom. The van der Waals surface area contributed by atoms with Gasteiger partial charge in [0.15, 0.2) is 0 Å². The number of ketones is 1. The van der Waals surface area contributed by atoms with Crippen molar-refractivity contribution >= 4 is 11.8 Å². The highest BCUT2D eigenvalue weighted by atomic mass is 16.4. The average molecular weight is 326 g/mol. The highest BCUT2D eigenvalue weighted by Gasteiger charge is 2.39. The Bertz CT molecular complexity index is 404. The molecule has 132 valence electrons. The van der Waals surface area contributed by atoms with Gasteiger partial charge in [-0.3, -0.25) is 9.59 Å². The second-order valence-electron chi connectivity index (χ2n) is 6.51. The topological polar surface area (TPSA) is 94.8 Å². The van der Waals surface area contributed by atoms with Gasteiger partial charge < -0.3 is 15.3 Å².